The molecule has 0 radical (unpaired) electrons. The number of carbonyl (C=O) groups is 1. The van der Waals surface area contributed by atoms with E-state index >= 15 is 0 Å². The van der Waals surface area contributed by atoms with Crippen LogP contribution < -0.4 is 10.6 Å². The van der Waals surface area contributed by atoms with Crippen molar-refractivity contribution in [3.63, 3.8) is 0 Å². The summed E-state index contributed by atoms with van der Waals surface area (Å²) >= 11 is 6.05. The molecule has 2 N–H and O–H groups in total. The van der Waals surface area contributed by atoms with Gasteiger partial charge in [-0.25, -0.2) is 0 Å². The molecular weight excluding hydrogens is 262 g/mol. The van der Waals surface area contributed by atoms with Gasteiger partial charge in [0.05, 0.1) is 11.6 Å². The second kappa shape index (κ2) is 7.78. The van der Waals surface area contributed by atoms with Crippen LogP contribution in [0.5, 0.6) is 0 Å². The second-order valence-electron chi connectivity index (χ2n) is 4.57. The van der Waals surface area contributed by atoms with Gasteiger partial charge in [0, 0.05) is 30.6 Å². The van der Waals surface area contributed by atoms with Crippen LogP contribution in [0.3, 0.4) is 0 Å². The number of amides is 1. The Kier molecular flexibility index (Phi) is 6.34. The Bertz CT molecular complexity index is 480. The Hall–Kier alpha value is -1.57. The fourth-order valence-corrected chi connectivity index (χ4v) is 1.83. The van der Waals surface area contributed by atoms with Crippen molar-refractivity contribution in [3.05, 3.63) is 34.3 Å². The molecule has 0 bridgehead atoms. The van der Waals surface area contributed by atoms with Gasteiger partial charge in [-0.15, -0.1) is 0 Å². The van der Waals surface area contributed by atoms with Crippen LogP contribution in [-0.4, -0.2) is 18.5 Å². The van der Waals surface area contributed by atoms with E-state index in [0.29, 0.717) is 30.1 Å². The smallest absolute Gasteiger partial charge is 0.221 e. The lowest BCUT2D eigenvalue weighted by Crippen LogP contribution is -2.32. The first-order valence-electron chi connectivity index (χ1n) is 6.21. The zero-order chi connectivity index (χ0) is 14.3. The Morgan fingerprint density at radius 1 is 1.47 bits per heavy atom. The van der Waals surface area contributed by atoms with Gasteiger partial charge in [0.1, 0.15) is 0 Å². The fraction of sp³-hybridized carbons (Fsp3) is 0.429. The van der Waals surface area contributed by atoms with Gasteiger partial charge in [-0.05, 0) is 31.5 Å². The molecule has 102 valence electrons. The van der Waals surface area contributed by atoms with E-state index < -0.39 is 0 Å². The van der Waals surface area contributed by atoms with E-state index in [2.05, 4.69) is 10.6 Å². The quantitative estimate of drug-likeness (QED) is 0.785. The van der Waals surface area contributed by atoms with Gasteiger partial charge in [-0.1, -0.05) is 17.7 Å². The first-order valence-corrected chi connectivity index (χ1v) is 6.59. The van der Waals surface area contributed by atoms with Crippen molar-refractivity contribution in [1.29, 1.82) is 5.26 Å². The number of rotatable bonds is 6. The van der Waals surface area contributed by atoms with Crippen molar-refractivity contribution in [2.75, 3.05) is 6.54 Å². The SMILES string of the molecule is CC(C)NC(=O)CCNCc1ccc(C#N)cc1Cl. The van der Waals surface area contributed by atoms with E-state index in [9.17, 15) is 4.79 Å². The van der Waals surface area contributed by atoms with E-state index in [4.69, 9.17) is 16.9 Å². The molecule has 1 aromatic carbocycles. The van der Waals surface area contributed by atoms with E-state index in [0.717, 1.165) is 5.56 Å². The Labute approximate surface area is 118 Å². The van der Waals surface area contributed by atoms with Gasteiger partial charge >= 0.3 is 0 Å². The number of nitrogens with one attached hydrogen (secondary N) is 2. The van der Waals surface area contributed by atoms with Gasteiger partial charge in [-0.2, -0.15) is 5.26 Å². The normalized spacial score (nSPS) is 10.3. The highest BCUT2D eigenvalue weighted by Gasteiger charge is 2.04. The molecule has 0 saturated carbocycles. The van der Waals surface area contributed by atoms with Crippen LogP contribution >= 0.6 is 11.6 Å². The number of nitriles is 1. The summed E-state index contributed by atoms with van der Waals surface area (Å²) in [6, 6.07) is 7.40. The summed E-state index contributed by atoms with van der Waals surface area (Å²) in [5.41, 5.74) is 1.47. The number of carbonyl (C=O) groups excluding carboxylic acids is 1. The van der Waals surface area contributed by atoms with Crippen molar-refractivity contribution in [1.82, 2.24) is 10.6 Å². The van der Waals surface area contributed by atoms with Gasteiger partial charge in [0.2, 0.25) is 5.91 Å². The third kappa shape index (κ3) is 5.73. The van der Waals surface area contributed by atoms with Crippen molar-refractivity contribution >= 4 is 17.5 Å². The number of hydrogen-bond donors (Lipinski definition) is 2. The maximum atomic E-state index is 11.4. The molecule has 0 spiro atoms. The van der Waals surface area contributed by atoms with Crippen molar-refractivity contribution in [2.24, 2.45) is 0 Å². The van der Waals surface area contributed by atoms with Gasteiger partial charge < -0.3 is 10.6 Å². The third-order valence-corrected chi connectivity index (χ3v) is 2.83. The van der Waals surface area contributed by atoms with E-state index in [1.807, 2.05) is 26.0 Å². The zero-order valence-corrected chi connectivity index (χ0v) is 11.9. The van der Waals surface area contributed by atoms with E-state index in [1.165, 1.54) is 0 Å². The molecule has 0 aliphatic carbocycles. The average molecular weight is 280 g/mol. The van der Waals surface area contributed by atoms with Crippen LogP contribution in [0.25, 0.3) is 0 Å². The minimum absolute atomic E-state index is 0.0356. The summed E-state index contributed by atoms with van der Waals surface area (Å²) in [7, 11) is 0. The molecule has 0 saturated heterocycles. The number of benzene rings is 1. The van der Waals surface area contributed by atoms with Crippen LogP contribution in [0, 0.1) is 11.3 Å². The largest absolute Gasteiger partial charge is 0.354 e. The van der Waals surface area contributed by atoms with Crippen LogP contribution in [0.4, 0.5) is 0 Å². The van der Waals surface area contributed by atoms with E-state index in [-0.39, 0.29) is 11.9 Å². The molecule has 0 atom stereocenters. The number of nitrogens with zero attached hydrogens (tertiary/aromatic N) is 1. The molecule has 0 aliphatic heterocycles. The predicted octanol–water partition coefficient (Wildman–Crippen LogP) is 2.22. The highest BCUT2D eigenvalue weighted by molar-refractivity contribution is 6.31. The average Bonchev–Trinajstić information content (AvgIpc) is 2.35. The molecule has 4 nitrogen and oxygen atoms in total. The Morgan fingerprint density at radius 3 is 2.79 bits per heavy atom. The molecule has 5 heteroatoms. The van der Waals surface area contributed by atoms with E-state index in [1.54, 1.807) is 12.1 Å². The summed E-state index contributed by atoms with van der Waals surface area (Å²) in [5, 5.41) is 15.3. The van der Waals surface area contributed by atoms with Gasteiger partial charge in [-0.3, -0.25) is 4.79 Å². The summed E-state index contributed by atoms with van der Waals surface area (Å²) in [5.74, 6) is 0.0356. The molecule has 19 heavy (non-hydrogen) atoms. The lowest BCUT2D eigenvalue weighted by molar-refractivity contribution is -0.121. The minimum atomic E-state index is 0.0356. The van der Waals surface area contributed by atoms with Gasteiger partial charge in [0.25, 0.3) is 0 Å². The molecular formula is C14H18ClN3O. The van der Waals surface area contributed by atoms with Crippen molar-refractivity contribution in [2.45, 2.75) is 32.9 Å². The number of halogens is 1. The Morgan fingerprint density at radius 2 is 2.21 bits per heavy atom. The van der Waals surface area contributed by atoms with Crippen LogP contribution in [0.15, 0.2) is 18.2 Å². The maximum absolute atomic E-state index is 11.4. The maximum Gasteiger partial charge on any atom is 0.221 e. The molecule has 0 fully saturated rings. The summed E-state index contributed by atoms with van der Waals surface area (Å²) in [6.45, 7) is 5.04. The Balaban J connectivity index is 2.34. The van der Waals surface area contributed by atoms with Crippen LogP contribution in [-0.2, 0) is 11.3 Å². The molecule has 1 aromatic rings. The molecule has 1 amide bonds. The van der Waals surface area contributed by atoms with Crippen molar-refractivity contribution < 1.29 is 4.79 Å². The lowest BCUT2D eigenvalue weighted by Gasteiger charge is -2.09. The summed E-state index contributed by atoms with van der Waals surface area (Å²) in [4.78, 5) is 11.4. The first-order chi connectivity index (χ1) is 9.02. The van der Waals surface area contributed by atoms with Crippen LogP contribution in [0.1, 0.15) is 31.4 Å². The highest BCUT2D eigenvalue weighted by atomic mass is 35.5. The monoisotopic (exact) mass is 279 g/mol. The third-order valence-electron chi connectivity index (χ3n) is 2.48. The summed E-state index contributed by atoms with van der Waals surface area (Å²) in [6.07, 6.45) is 0.437. The lowest BCUT2D eigenvalue weighted by atomic mass is 10.1. The number of hydrogen-bond acceptors (Lipinski definition) is 3. The van der Waals surface area contributed by atoms with Crippen LogP contribution in [0.2, 0.25) is 5.02 Å². The molecule has 0 aromatic heterocycles. The predicted molar refractivity (Wildman–Crippen MR) is 75.8 cm³/mol. The van der Waals surface area contributed by atoms with Crippen molar-refractivity contribution in [3.8, 4) is 6.07 Å². The standard InChI is InChI=1S/C14H18ClN3O/c1-10(2)18-14(19)5-6-17-9-12-4-3-11(8-16)7-13(12)15/h3-4,7,10,17H,5-6,9H2,1-2H3,(H,18,19). The molecule has 0 unspecified atom stereocenters. The zero-order valence-electron chi connectivity index (χ0n) is 11.2. The minimum Gasteiger partial charge on any atom is -0.354 e. The fourth-order valence-electron chi connectivity index (χ4n) is 1.58. The molecule has 0 heterocycles. The molecule has 1 rings (SSSR count). The first kappa shape index (κ1) is 15.5. The topological polar surface area (TPSA) is 64.9 Å². The second-order valence-corrected chi connectivity index (χ2v) is 4.97. The summed E-state index contributed by atoms with van der Waals surface area (Å²) < 4.78 is 0. The molecule has 0 aliphatic rings. The highest BCUT2D eigenvalue weighted by Crippen LogP contribution is 2.17. The van der Waals surface area contributed by atoms with Gasteiger partial charge in [0.15, 0.2) is 0 Å².